The summed E-state index contributed by atoms with van der Waals surface area (Å²) in [5, 5.41) is 7.67. The van der Waals surface area contributed by atoms with E-state index >= 15 is 0 Å². The van der Waals surface area contributed by atoms with Crippen molar-refractivity contribution >= 4 is 28.4 Å². The maximum Gasteiger partial charge on any atom is 0.159 e. The number of benzene rings is 2. The fraction of sp³-hybridized carbons (Fsp3) is 0. The summed E-state index contributed by atoms with van der Waals surface area (Å²) in [6.45, 7) is 0. The monoisotopic (exact) mass is 277 g/mol. The quantitative estimate of drug-likeness (QED) is 0.704. The third kappa shape index (κ3) is 2.26. The van der Waals surface area contributed by atoms with Crippen LogP contribution in [0.3, 0.4) is 0 Å². The number of aromatic amines is 1. The van der Waals surface area contributed by atoms with Crippen molar-refractivity contribution in [2.45, 2.75) is 9.79 Å². The highest BCUT2D eigenvalue weighted by Crippen LogP contribution is 2.34. The van der Waals surface area contributed by atoms with Crippen molar-refractivity contribution in [3.05, 3.63) is 48.2 Å². The highest BCUT2D eigenvalue weighted by atomic mass is 32.2. The molecule has 3 aromatic rings. The number of nitrogen functional groups attached to an aromatic ring is 1. The van der Waals surface area contributed by atoms with Crippen molar-refractivity contribution < 1.29 is 8.78 Å². The average molecular weight is 277 g/mol. The van der Waals surface area contributed by atoms with Gasteiger partial charge >= 0.3 is 0 Å². The minimum absolute atomic E-state index is 0.573. The molecule has 0 amide bonds. The predicted octanol–water partition coefficient (Wildman–Crippen LogP) is 3.57. The van der Waals surface area contributed by atoms with Gasteiger partial charge in [0.05, 0.1) is 11.7 Å². The van der Waals surface area contributed by atoms with Crippen molar-refractivity contribution in [2.24, 2.45) is 0 Å². The summed E-state index contributed by atoms with van der Waals surface area (Å²) in [6, 6.07) is 7.39. The zero-order chi connectivity index (χ0) is 13.4. The van der Waals surface area contributed by atoms with Gasteiger partial charge in [0.1, 0.15) is 0 Å². The minimum atomic E-state index is -0.869. The Morgan fingerprint density at radius 2 is 1.95 bits per heavy atom. The minimum Gasteiger partial charge on any atom is -0.398 e. The van der Waals surface area contributed by atoms with Crippen LogP contribution >= 0.6 is 11.8 Å². The maximum absolute atomic E-state index is 13.2. The van der Waals surface area contributed by atoms with E-state index in [9.17, 15) is 8.78 Å². The first kappa shape index (κ1) is 12.0. The lowest BCUT2D eigenvalue weighted by Crippen LogP contribution is -1.89. The maximum atomic E-state index is 13.2. The summed E-state index contributed by atoms with van der Waals surface area (Å²) >= 11 is 1.28. The lowest BCUT2D eigenvalue weighted by molar-refractivity contribution is 0.506. The van der Waals surface area contributed by atoms with Crippen LogP contribution in [-0.2, 0) is 0 Å². The largest absolute Gasteiger partial charge is 0.398 e. The number of hydrogen-bond donors (Lipinski definition) is 2. The van der Waals surface area contributed by atoms with Gasteiger partial charge in [0.25, 0.3) is 0 Å². The number of aromatic nitrogens is 2. The predicted molar refractivity (Wildman–Crippen MR) is 71.0 cm³/mol. The molecule has 0 aliphatic rings. The fourth-order valence-electron chi connectivity index (χ4n) is 1.74. The van der Waals surface area contributed by atoms with Gasteiger partial charge in [0.2, 0.25) is 0 Å². The molecule has 3 nitrogen and oxygen atoms in total. The Kier molecular flexibility index (Phi) is 2.87. The number of nitrogens with one attached hydrogen (secondary N) is 1. The summed E-state index contributed by atoms with van der Waals surface area (Å²) < 4.78 is 26.0. The Labute approximate surface area is 111 Å². The number of rotatable bonds is 2. The molecule has 0 spiro atoms. The summed E-state index contributed by atoms with van der Waals surface area (Å²) in [5.41, 5.74) is 7.35. The molecule has 2 aromatic carbocycles. The SMILES string of the molecule is Nc1cc2cn[nH]c2cc1Sc1ccc(F)c(F)c1. The van der Waals surface area contributed by atoms with E-state index in [0.29, 0.717) is 10.6 Å². The van der Waals surface area contributed by atoms with Crippen molar-refractivity contribution in [2.75, 3.05) is 5.73 Å². The molecule has 0 saturated heterocycles. The summed E-state index contributed by atoms with van der Waals surface area (Å²) in [7, 11) is 0. The Hall–Kier alpha value is -2.08. The Morgan fingerprint density at radius 1 is 1.11 bits per heavy atom. The van der Waals surface area contributed by atoms with E-state index in [1.807, 2.05) is 6.07 Å². The number of nitrogens with zero attached hydrogens (tertiary/aromatic N) is 1. The molecule has 0 bridgehead atoms. The topological polar surface area (TPSA) is 54.7 Å². The molecule has 0 unspecified atom stereocenters. The zero-order valence-corrected chi connectivity index (χ0v) is 10.5. The van der Waals surface area contributed by atoms with Crippen LogP contribution in [0, 0.1) is 11.6 Å². The van der Waals surface area contributed by atoms with Crippen LogP contribution in [0.2, 0.25) is 0 Å². The molecule has 19 heavy (non-hydrogen) atoms. The van der Waals surface area contributed by atoms with E-state index in [1.54, 1.807) is 12.3 Å². The second-order valence-corrected chi connectivity index (χ2v) is 5.14. The van der Waals surface area contributed by atoms with Gasteiger partial charge in [-0.3, -0.25) is 5.10 Å². The Bertz CT molecular complexity index is 755. The molecular weight excluding hydrogens is 268 g/mol. The Balaban J connectivity index is 1.99. The van der Waals surface area contributed by atoms with Gasteiger partial charge in [-0.15, -0.1) is 0 Å². The first-order chi connectivity index (χ1) is 9.13. The van der Waals surface area contributed by atoms with Gasteiger partial charge in [-0.2, -0.15) is 5.10 Å². The highest BCUT2D eigenvalue weighted by Gasteiger charge is 2.08. The Morgan fingerprint density at radius 3 is 2.74 bits per heavy atom. The van der Waals surface area contributed by atoms with Crippen LogP contribution in [0.4, 0.5) is 14.5 Å². The van der Waals surface area contributed by atoms with Crippen LogP contribution in [0.5, 0.6) is 0 Å². The molecule has 0 aliphatic carbocycles. The van der Waals surface area contributed by atoms with Crippen molar-refractivity contribution in [3.63, 3.8) is 0 Å². The normalized spacial score (nSPS) is 11.1. The number of anilines is 1. The molecule has 96 valence electrons. The van der Waals surface area contributed by atoms with Gasteiger partial charge in [-0.25, -0.2) is 8.78 Å². The van der Waals surface area contributed by atoms with Crippen molar-refractivity contribution in [1.29, 1.82) is 0 Å². The number of fused-ring (bicyclic) bond motifs is 1. The van der Waals surface area contributed by atoms with Gasteiger partial charge in [0.15, 0.2) is 11.6 Å². The third-order valence-electron chi connectivity index (χ3n) is 2.69. The van der Waals surface area contributed by atoms with Crippen LogP contribution < -0.4 is 5.73 Å². The molecule has 3 N–H and O–H groups in total. The van der Waals surface area contributed by atoms with Crippen molar-refractivity contribution in [1.82, 2.24) is 10.2 Å². The molecule has 1 aromatic heterocycles. The molecule has 0 atom stereocenters. The first-order valence-electron chi connectivity index (χ1n) is 5.49. The molecule has 3 rings (SSSR count). The van der Waals surface area contributed by atoms with E-state index in [-0.39, 0.29) is 0 Å². The molecule has 0 aliphatic heterocycles. The smallest absolute Gasteiger partial charge is 0.159 e. The molecular formula is C13H9F2N3S. The standard InChI is InChI=1S/C13H9F2N3S/c14-9-2-1-8(4-10(9)15)19-13-5-12-7(3-11(13)16)6-17-18-12/h1-6H,16H2,(H,17,18). The van der Waals surface area contributed by atoms with Crippen LogP contribution in [0.15, 0.2) is 46.3 Å². The first-order valence-corrected chi connectivity index (χ1v) is 6.30. The molecule has 0 saturated carbocycles. The van der Waals surface area contributed by atoms with Gasteiger partial charge in [0, 0.05) is 20.9 Å². The second-order valence-electron chi connectivity index (χ2n) is 4.03. The van der Waals surface area contributed by atoms with Gasteiger partial charge in [-0.1, -0.05) is 11.8 Å². The summed E-state index contributed by atoms with van der Waals surface area (Å²) in [5.74, 6) is -1.73. The van der Waals surface area contributed by atoms with Gasteiger partial charge < -0.3 is 5.73 Å². The fourth-order valence-corrected chi connectivity index (χ4v) is 2.65. The van der Waals surface area contributed by atoms with Crippen LogP contribution in [0.25, 0.3) is 10.9 Å². The average Bonchev–Trinajstić information content (AvgIpc) is 2.81. The van der Waals surface area contributed by atoms with Crippen LogP contribution in [-0.4, -0.2) is 10.2 Å². The molecule has 1 heterocycles. The van der Waals surface area contributed by atoms with E-state index in [2.05, 4.69) is 10.2 Å². The van der Waals surface area contributed by atoms with E-state index in [4.69, 9.17) is 5.73 Å². The number of nitrogens with two attached hydrogens (primary N) is 1. The van der Waals surface area contributed by atoms with Crippen LogP contribution in [0.1, 0.15) is 0 Å². The molecule has 6 heteroatoms. The number of hydrogen-bond acceptors (Lipinski definition) is 3. The zero-order valence-electron chi connectivity index (χ0n) is 9.65. The van der Waals surface area contributed by atoms with E-state index in [0.717, 1.165) is 27.9 Å². The molecule has 0 radical (unpaired) electrons. The second kappa shape index (κ2) is 4.55. The van der Waals surface area contributed by atoms with Crippen molar-refractivity contribution in [3.8, 4) is 0 Å². The summed E-state index contributed by atoms with van der Waals surface area (Å²) in [6.07, 6.45) is 1.68. The number of H-pyrrole nitrogens is 1. The third-order valence-corrected chi connectivity index (χ3v) is 3.75. The van der Waals surface area contributed by atoms with Gasteiger partial charge in [-0.05, 0) is 30.3 Å². The molecule has 0 fully saturated rings. The lowest BCUT2D eigenvalue weighted by atomic mass is 10.2. The number of halogens is 2. The summed E-state index contributed by atoms with van der Waals surface area (Å²) in [4.78, 5) is 1.35. The lowest BCUT2D eigenvalue weighted by Gasteiger charge is -2.06. The highest BCUT2D eigenvalue weighted by molar-refractivity contribution is 7.99. The van der Waals surface area contributed by atoms with E-state index < -0.39 is 11.6 Å². The van der Waals surface area contributed by atoms with E-state index in [1.165, 1.54) is 17.8 Å².